The van der Waals surface area contributed by atoms with E-state index in [1.54, 1.807) is 18.3 Å². The first-order valence-corrected chi connectivity index (χ1v) is 4.42. The topological polar surface area (TPSA) is 63.8 Å². The molecule has 0 saturated heterocycles. The number of nitrogens with zero attached hydrogens (tertiary/aromatic N) is 2. The van der Waals surface area contributed by atoms with E-state index >= 15 is 0 Å². The molecule has 0 atom stereocenters. The lowest BCUT2D eigenvalue weighted by Crippen LogP contribution is -2.02. The summed E-state index contributed by atoms with van der Waals surface area (Å²) in [5.74, 6) is -0.453. The maximum absolute atomic E-state index is 11.4. The van der Waals surface area contributed by atoms with Crippen molar-refractivity contribution in [3.05, 3.63) is 35.7 Å². The molecule has 78 valence electrons. The van der Waals surface area contributed by atoms with Crippen molar-refractivity contribution < 1.29 is 14.6 Å². The summed E-state index contributed by atoms with van der Waals surface area (Å²) in [6.07, 6.45) is 3.14. The van der Waals surface area contributed by atoms with Crippen molar-refractivity contribution in [1.82, 2.24) is 9.61 Å². The Bertz CT molecular complexity index is 504. The number of fused-ring (bicyclic) bond motifs is 1. The van der Waals surface area contributed by atoms with E-state index in [1.165, 1.54) is 17.8 Å². The Kier molecular flexibility index (Phi) is 2.39. The predicted octanol–water partition coefficient (Wildman–Crippen LogP) is 0.613. The molecular weight excluding hydrogens is 196 g/mol. The van der Waals surface area contributed by atoms with Gasteiger partial charge in [-0.15, -0.1) is 0 Å². The maximum atomic E-state index is 11.4. The molecule has 2 rings (SSSR count). The molecule has 0 unspecified atom stereocenters. The molecule has 2 aromatic heterocycles. The lowest BCUT2D eigenvalue weighted by molar-refractivity contribution is 0.0603. The third-order valence-corrected chi connectivity index (χ3v) is 2.20. The van der Waals surface area contributed by atoms with E-state index in [2.05, 4.69) is 9.84 Å². The van der Waals surface area contributed by atoms with Crippen LogP contribution in [-0.2, 0) is 11.3 Å². The molecule has 0 radical (unpaired) electrons. The molecule has 2 heterocycles. The van der Waals surface area contributed by atoms with Crippen LogP contribution in [0.5, 0.6) is 0 Å². The highest BCUT2D eigenvalue weighted by molar-refractivity contribution is 5.97. The molecule has 0 spiro atoms. The molecule has 0 aromatic carbocycles. The van der Waals surface area contributed by atoms with E-state index < -0.39 is 5.97 Å². The number of aliphatic hydroxyl groups excluding tert-OH is 1. The highest BCUT2D eigenvalue weighted by Crippen LogP contribution is 2.16. The van der Waals surface area contributed by atoms with E-state index in [9.17, 15) is 4.79 Å². The van der Waals surface area contributed by atoms with E-state index in [0.717, 1.165) is 0 Å². The Labute approximate surface area is 85.9 Å². The monoisotopic (exact) mass is 206 g/mol. The molecule has 5 nitrogen and oxygen atoms in total. The third-order valence-electron chi connectivity index (χ3n) is 2.20. The molecule has 5 heteroatoms. The van der Waals surface area contributed by atoms with Gasteiger partial charge in [-0.3, -0.25) is 0 Å². The van der Waals surface area contributed by atoms with Crippen LogP contribution in [0.3, 0.4) is 0 Å². The van der Waals surface area contributed by atoms with Crippen LogP contribution >= 0.6 is 0 Å². The molecule has 2 aromatic rings. The average molecular weight is 206 g/mol. The highest BCUT2D eigenvalue weighted by atomic mass is 16.5. The number of hydrogen-bond acceptors (Lipinski definition) is 4. The summed E-state index contributed by atoms with van der Waals surface area (Å²) in [6, 6.07) is 3.50. The van der Waals surface area contributed by atoms with Crippen molar-refractivity contribution in [3.8, 4) is 0 Å². The number of ether oxygens (including phenoxy) is 1. The first kappa shape index (κ1) is 9.67. The van der Waals surface area contributed by atoms with Gasteiger partial charge < -0.3 is 9.84 Å². The predicted molar refractivity (Wildman–Crippen MR) is 52.5 cm³/mol. The summed E-state index contributed by atoms with van der Waals surface area (Å²) in [6.45, 7) is -0.139. The minimum Gasteiger partial charge on any atom is -0.465 e. The number of esters is 1. The summed E-state index contributed by atoms with van der Waals surface area (Å²) in [5.41, 5.74) is 1.60. The van der Waals surface area contributed by atoms with Gasteiger partial charge in [0, 0.05) is 11.8 Å². The molecular formula is C10H10N2O3. The number of hydrogen-bond donors (Lipinski definition) is 1. The SMILES string of the molecule is COC(=O)c1cnn2cccc(CO)c12. The fraction of sp³-hybridized carbons (Fsp3) is 0.200. The van der Waals surface area contributed by atoms with Crippen LogP contribution in [-0.4, -0.2) is 27.8 Å². The van der Waals surface area contributed by atoms with E-state index in [1.807, 2.05) is 0 Å². The van der Waals surface area contributed by atoms with E-state index in [0.29, 0.717) is 16.6 Å². The zero-order valence-corrected chi connectivity index (χ0v) is 8.17. The molecule has 0 aliphatic heterocycles. The van der Waals surface area contributed by atoms with Gasteiger partial charge in [-0.25, -0.2) is 9.31 Å². The van der Waals surface area contributed by atoms with Gasteiger partial charge in [0.2, 0.25) is 0 Å². The van der Waals surface area contributed by atoms with Crippen LogP contribution in [0.25, 0.3) is 5.52 Å². The van der Waals surface area contributed by atoms with Crippen LogP contribution in [0.4, 0.5) is 0 Å². The van der Waals surface area contributed by atoms with Crippen LogP contribution in [0.2, 0.25) is 0 Å². The van der Waals surface area contributed by atoms with Gasteiger partial charge in [0.15, 0.2) is 0 Å². The van der Waals surface area contributed by atoms with Crippen molar-refractivity contribution in [3.63, 3.8) is 0 Å². The first-order valence-electron chi connectivity index (χ1n) is 4.42. The largest absolute Gasteiger partial charge is 0.465 e. The summed E-state index contributed by atoms with van der Waals surface area (Å²) in [7, 11) is 1.31. The maximum Gasteiger partial charge on any atom is 0.341 e. The number of pyridine rings is 1. The minimum atomic E-state index is -0.453. The van der Waals surface area contributed by atoms with E-state index in [4.69, 9.17) is 5.11 Å². The quantitative estimate of drug-likeness (QED) is 0.731. The van der Waals surface area contributed by atoms with Crippen LogP contribution in [0, 0.1) is 0 Å². The number of aliphatic hydroxyl groups is 1. The Morgan fingerprint density at radius 1 is 1.67 bits per heavy atom. The lowest BCUT2D eigenvalue weighted by Gasteiger charge is -2.02. The highest BCUT2D eigenvalue weighted by Gasteiger charge is 2.15. The van der Waals surface area contributed by atoms with Crippen molar-refractivity contribution in [2.24, 2.45) is 0 Å². The minimum absolute atomic E-state index is 0.139. The third kappa shape index (κ3) is 1.46. The first-order chi connectivity index (χ1) is 7.27. The Morgan fingerprint density at radius 2 is 2.47 bits per heavy atom. The summed E-state index contributed by atoms with van der Waals surface area (Å²) >= 11 is 0. The zero-order chi connectivity index (χ0) is 10.8. The Hall–Kier alpha value is -1.88. The second-order valence-electron chi connectivity index (χ2n) is 3.03. The average Bonchev–Trinajstić information content (AvgIpc) is 2.71. The second-order valence-corrected chi connectivity index (χ2v) is 3.03. The summed E-state index contributed by atoms with van der Waals surface area (Å²) in [4.78, 5) is 11.4. The standard InChI is InChI=1S/C10H10N2O3/c1-15-10(14)8-5-11-12-4-2-3-7(6-13)9(8)12/h2-5,13H,6H2,1H3. The van der Waals surface area contributed by atoms with Crippen molar-refractivity contribution in [1.29, 1.82) is 0 Å². The van der Waals surface area contributed by atoms with Gasteiger partial charge in [-0.05, 0) is 6.07 Å². The molecule has 0 fully saturated rings. The number of rotatable bonds is 2. The van der Waals surface area contributed by atoms with Crippen molar-refractivity contribution >= 4 is 11.5 Å². The van der Waals surface area contributed by atoms with Crippen LogP contribution in [0.15, 0.2) is 24.5 Å². The van der Waals surface area contributed by atoms with Crippen LogP contribution < -0.4 is 0 Å². The molecule has 0 aliphatic carbocycles. The van der Waals surface area contributed by atoms with Gasteiger partial charge in [0.05, 0.1) is 25.4 Å². The van der Waals surface area contributed by atoms with Gasteiger partial charge >= 0.3 is 5.97 Å². The van der Waals surface area contributed by atoms with E-state index in [-0.39, 0.29) is 6.61 Å². The van der Waals surface area contributed by atoms with Crippen LogP contribution in [0.1, 0.15) is 15.9 Å². The smallest absolute Gasteiger partial charge is 0.341 e. The summed E-state index contributed by atoms with van der Waals surface area (Å²) < 4.78 is 6.17. The number of aromatic nitrogens is 2. The number of carbonyl (C=O) groups is 1. The number of carbonyl (C=O) groups excluding carboxylic acids is 1. The molecule has 15 heavy (non-hydrogen) atoms. The molecule has 0 amide bonds. The van der Waals surface area contributed by atoms with Gasteiger partial charge in [-0.2, -0.15) is 5.10 Å². The van der Waals surface area contributed by atoms with Gasteiger partial charge in [0.25, 0.3) is 0 Å². The number of methoxy groups -OCH3 is 1. The fourth-order valence-electron chi connectivity index (χ4n) is 1.50. The summed E-state index contributed by atoms with van der Waals surface area (Å²) in [5, 5.41) is 13.1. The van der Waals surface area contributed by atoms with Crippen molar-refractivity contribution in [2.45, 2.75) is 6.61 Å². The Morgan fingerprint density at radius 3 is 3.13 bits per heavy atom. The van der Waals surface area contributed by atoms with Gasteiger partial charge in [0.1, 0.15) is 5.56 Å². The molecule has 0 bridgehead atoms. The Balaban J connectivity index is 2.71. The lowest BCUT2D eigenvalue weighted by atomic mass is 10.2. The van der Waals surface area contributed by atoms with Crippen molar-refractivity contribution in [2.75, 3.05) is 7.11 Å². The molecule has 0 saturated carbocycles. The molecule has 1 N–H and O–H groups in total. The zero-order valence-electron chi connectivity index (χ0n) is 8.17. The molecule has 0 aliphatic rings. The second kappa shape index (κ2) is 3.70. The normalized spacial score (nSPS) is 10.5. The van der Waals surface area contributed by atoms with Gasteiger partial charge in [-0.1, -0.05) is 6.07 Å². The fourth-order valence-corrected chi connectivity index (χ4v) is 1.50.